The molecule has 1 atom stereocenters. The summed E-state index contributed by atoms with van der Waals surface area (Å²) in [6, 6.07) is 5.47. The van der Waals surface area contributed by atoms with Crippen LogP contribution in [-0.2, 0) is 6.42 Å². The van der Waals surface area contributed by atoms with Crippen molar-refractivity contribution in [3.05, 3.63) is 41.2 Å². The van der Waals surface area contributed by atoms with E-state index in [-0.39, 0.29) is 5.82 Å². The maximum absolute atomic E-state index is 14.1. The van der Waals surface area contributed by atoms with E-state index >= 15 is 0 Å². The van der Waals surface area contributed by atoms with Crippen LogP contribution in [0.25, 0.3) is 0 Å². The Hall–Kier alpha value is -1.31. The monoisotopic (exact) mass is 400 g/mol. The molecule has 0 heterocycles. The molecule has 0 N–H and O–H groups in total. The van der Waals surface area contributed by atoms with Crippen LogP contribution in [0.3, 0.4) is 0 Å². The molecule has 3 rings (SSSR count). The van der Waals surface area contributed by atoms with Gasteiger partial charge < -0.3 is 4.74 Å². The zero-order valence-corrected chi connectivity index (χ0v) is 18.7. The molecule has 0 radical (unpaired) electrons. The van der Waals surface area contributed by atoms with Crippen LogP contribution >= 0.6 is 0 Å². The SMILES string of the molecule is CCCOc1ccc(CCC2=CCC(CCC3CCC(CC)CC3)CC2)cc1F. The molecular weight excluding hydrogens is 359 g/mol. The predicted molar refractivity (Wildman–Crippen MR) is 121 cm³/mol. The Morgan fingerprint density at radius 1 is 0.931 bits per heavy atom. The van der Waals surface area contributed by atoms with Gasteiger partial charge in [0.15, 0.2) is 11.6 Å². The molecule has 2 aliphatic rings. The van der Waals surface area contributed by atoms with Gasteiger partial charge in [-0.05, 0) is 80.4 Å². The summed E-state index contributed by atoms with van der Waals surface area (Å²) in [6.07, 6.45) is 19.4. The topological polar surface area (TPSA) is 9.23 Å². The zero-order valence-electron chi connectivity index (χ0n) is 18.7. The standard InChI is InChI=1S/C27H41FO/c1-3-19-29-27-18-17-25(20-26(27)28)16-15-24-13-11-23(12-14-24)10-9-22-7-5-21(4-2)6-8-22/h13,17-18,20-23H,3-12,14-16,19H2,1-2H3. The van der Waals surface area contributed by atoms with Gasteiger partial charge in [0, 0.05) is 0 Å². The van der Waals surface area contributed by atoms with E-state index in [2.05, 4.69) is 13.0 Å². The quantitative estimate of drug-likeness (QED) is 0.359. The van der Waals surface area contributed by atoms with Crippen molar-refractivity contribution in [2.45, 2.75) is 97.3 Å². The third kappa shape index (κ3) is 7.15. The molecule has 0 amide bonds. The fourth-order valence-electron chi connectivity index (χ4n) is 5.17. The number of hydrogen-bond acceptors (Lipinski definition) is 1. The summed E-state index contributed by atoms with van der Waals surface area (Å²) in [7, 11) is 0. The molecule has 1 unspecified atom stereocenters. The normalized spacial score (nSPS) is 24.9. The minimum Gasteiger partial charge on any atom is -0.491 e. The van der Waals surface area contributed by atoms with Crippen molar-refractivity contribution in [1.29, 1.82) is 0 Å². The first-order valence-corrected chi connectivity index (χ1v) is 12.3. The van der Waals surface area contributed by atoms with Gasteiger partial charge in [-0.15, -0.1) is 0 Å². The molecule has 0 aromatic heterocycles. The Labute approximate surface area is 178 Å². The Bertz CT molecular complexity index is 642. The summed E-state index contributed by atoms with van der Waals surface area (Å²) >= 11 is 0. The van der Waals surface area contributed by atoms with Gasteiger partial charge in [0.25, 0.3) is 0 Å². The van der Waals surface area contributed by atoms with E-state index in [0.29, 0.717) is 12.4 Å². The molecule has 0 aliphatic heterocycles. The lowest BCUT2D eigenvalue weighted by Gasteiger charge is -2.29. The van der Waals surface area contributed by atoms with Crippen molar-refractivity contribution in [2.24, 2.45) is 17.8 Å². The van der Waals surface area contributed by atoms with Crippen LogP contribution in [0.1, 0.15) is 96.5 Å². The van der Waals surface area contributed by atoms with Crippen molar-refractivity contribution in [2.75, 3.05) is 6.61 Å². The molecule has 2 aliphatic carbocycles. The van der Waals surface area contributed by atoms with Crippen LogP contribution in [0.15, 0.2) is 29.8 Å². The van der Waals surface area contributed by atoms with Gasteiger partial charge in [-0.25, -0.2) is 4.39 Å². The molecule has 162 valence electrons. The van der Waals surface area contributed by atoms with E-state index in [9.17, 15) is 4.39 Å². The molecule has 0 saturated heterocycles. The molecule has 1 fully saturated rings. The first-order valence-electron chi connectivity index (χ1n) is 12.3. The maximum Gasteiger partial charge on any atom is 0.165 e. The molecule has 1 saturated carbocycles. The van der Waals surface area contributed by atoms with E-state index < -0.39 is 0 Å². The fraction of sp³-hybridized carbons (Fsp3) is 0.704. The molecule has 0 spiro atoms. The number of hydrogen-bond donors (Lipinski definition) is 0. The van der Waals surface area contributed by atoms with Gasteiger partial charge in [0.1, 0.15) is 0 Å². The molecule has 1 aromatic carbocycles. The van der Waals surface area contributed by atoms with E-state index in [1.54, 1.807) is 17.7 Å². The first kappa shape index (κ1) is 22.4. The van der Waals surface area contributed by atoms with Crippen molar-refractivity contribution < 1.29 is 9.13 Å². The summed E-state index contributed by atoms with van der Waals surface area (Å²) in [5, 5.41) is 0. The lowest BCUT2D eigenvalue weighted by molar-refractivity contribution is 0.241. The number of benzene rings is 1. The predicted octanol–water partition coefficient (Wildman–Crippen LogP) is 8.27. The average Bonchev–Trinajstić information content (AvgIpc) is 2.76. The summed E-state index contributed by atoms with van der Waals surface area (Å²) in [5.74, 6) is 3.08. The Balaban J connectivity index is 1.36. The molecule has 0 bridgehead atoms. The Morgan fingerprint density at radius 3 is 2.34 bits per heavy atom. The Kier molecular flexibility index (Phi) is 9.08. The van der Waals surface area contributed by atoms with Crippen LogP contribution in [0.5, 0.6) is 5.75 Å². The highest BCUT2D eigenvalue weighted by Crippen LogP contribution is 2.36. The van der Waals surface area contributed by atoms with E-state index in [1.807, 2.05) is 13.0 Å². The highest BCUT2D eigenvalue weighted by Gasteiger charge is 2.22. The highest BCUT2D eigenvalue weighted by atomic mass is 19.1. The van der Waals surface area contributed by atoms with Gasteiger partial charge in [-0.2, -0.15) is 0 Å². The minimum absolute atomic E-state index is 0.221. The Morgan fingerprint density at radius 2 is 1.69 bits per heavy atom. The van der Waals surface area contributed by atoms with Gasteiger partial charge >= 0.3 is 0 Å². The van der Waals surface area contributed by atoms with Gasteiger partial charge in [-0.3, -0.25) is 0 Å². The van der Waals surface area contributed by atoms with Crippen molar-refractivity contribution in [1.82, 2.24) is 0 Å². The zero-order chi connectivity index (χ0) is 20.5. The second-order valence-electron chi connectivity index (χ2n) is 9.49. The summed E-state index contributed by atoms with van der Waals surface area (Å²) in [5.41, 5.74) is 2.66. The largest absolute Gasteiger partial charge is 0.491 e. The van der Waals surface area contributed by atoms with Crippen LogP contribution in [0.2, 0.25) is 0 Å². The summed E-state index contributed by atoms with van der Waals surface area (Å²) < 4.78 is 19.6. The third-order valence-corrected chi connectivity index (χ3v) is 7.33. The first-order chi connectivity index (χ1) is 14.2. The minimum atomic E-state index is -0.221. The van der Waals surface area contributed by atoms with E-state index in [4.69, 9.17) is 4.74 Å². The second-order valence-corrected chi connectivity index (χ2v) is 9.49. The van der Waals surface area contributed by atoms with Crippen LogP contribution in [-0.4, -0.2) is 6.61 Å². The van der Waals surface area contributed by atoms with Crippen LogP contribution < -0.4 is 4.74 Å². The summed E-state index contributed by atoms with van der Waals surface area (Å²) in [4.78, 5) is 0. The van der Waals surface area contributed by atoms with Crippen molar-refractivity contribution in [3.63, 3.8) is 0 Å². The maximum atomic E-state index is 14.1. The fourth-order valence-corrected chi connectivity index (χ4v) is 5.17. The highest BCUT2D eigenvalue weighted by molar-refractivity contribution is 5.30. The molecular formula is C27H41FO. The molecule has 1 nitrogen and oxygen atoms in total. The summed E-state index contributed by atoms with van der Waals surface area (Å²) in [6.45, 7) is 4.96. The van der Waals surface area contributed by atoms with Gasteiger partial charge in [-0.1, -0.05) is 70.1 Å². The number of allylic oxidation sites excluding steroid dienone is 2. The van der Waals surface area contributed by atoms with Crippen LogP contribution in [0, 0.1) is 23.6 Å². The number of rotatable bonds is 10. The van der Waals surface area contributed by atoms with Crippen LogP contribution in [0.4, 0.5) is 4.39 Å². The number of ether oxygens (including phenoxy) is 1. The molecule has 29 heavy (non-hydrogen) atoms. The van der Waals surface area contributed by atoms with Gasteiger partial charge in [0.05, 0.1) is 6.61 Å². The van der Waals surface area contributed by atoms with E-state index in [0.717, 1.165) is 42.6 Å². The number of aryl methyl sites for hydroxylation is 1. The average molecular weight is 401 g/mol. The van der Waals surface area contributed by atoms with Crippen molar-refractivity contribution >= 4 is 0 Å². The van der Waals surface area contributed by atoms with E-state index in [1.165, 1.54) is 64.2 Å². The molecule has 1 aromatic rings. The van der Waals surface area contributed by atoms with Crippen molar-refractivity contribution in [3.8, 4) is 5.75 Å². The third-order valence-electron chi connectivity index (χ3n) is 7.33. The van der Waals surface area contributed by atoms with Gasteiger partial charge in [0.2, 0.25) is 0 Å². The second kappa shape index (κ2) is 11.8. The smallest absolute Gasteiger partial charge is 0.165 e. The number of halogens is 1. The lowest BCUT2D eigenvalue weighted by Crippen LogP contribution is -2.15. The lowest BCUT2D eigenvalue weighted by atomic mass is 9.76. The molecule has 2 heteroatoms.